The van der Waals surface area contributed by atoms with Crippen molar-refractivity contribution in [2.45, 2.75) is 6.18 Å². The average Bonchev–Trinajstić information content (AvgIpc) is 3.11. The van der Waals surface area contributed by atoms with E-state index >= 15 is 0 Å². The largest absolute Gasteiger partial charge is 0.435 e. The van der Waals surface area contributed by atoms with Gasteiger partial charge in [0.15, 0.2) is 5.69 Å². The van der Waals surface area contributed by atoms with Gasteiger partial charge in [-0.15, -0.1) is 0 Å². The fourth-order valence-corrected chi connectivity index (χ4v) is 2.70. The van der Waals surface area contributed by atoms with Crippen LogP contribution < -0.4 is 0 Å². The second-order valence-electron chi connectivity index (χ2n) is 5.76. The zero-order chi connectivity index (χ0) is 19.0. The van der Waals surface area contributed by atoms with Crippen LogP contribution in [0.15, 0.2) is 60.9 Å². The van der Waals surface area contributed by atoms with E-state index in [1.165, 1.54) is 10.7 Å². The van der Waals surface area contributed by atoms with E-state index in [1.807, 2.05) is 36.4 Å². The Labute approximate surface area is 151 Å². The minimum Gasteiger partial charge on any atom is -0.217 e. The molecular weight excluding hydrogens is 355 g/mol. The molecule has 2 aromatic heterocycles. The van der Waals surface area contributed by atoms with Crippen LogP contribution in [0.4, 0.5) is 13.2 Å². The molecule has 0 aliphatic carbocycles. The van der Waals surface area contributed by atoms with Gasteiger partial charge in [0, 0.05) is 5.56 Å². The Balaban J connectivity index is 1.76. The highest BCUT2D eigenvalue weighted by Crippen LogP contribution is 2.29. The molecule has 0 saturated heterocycles. The number of fused-ring (bicyclic) bond motifs is 1. The van der Waals surface area contributed by atoms with E-state index in [1.54, 1.807) is 12.1 Å². The number of rotatable bonds is 2. The lowest BCUT2D eigenvalue weighted by atomic mass is 10.0. The summed E-state index contributed by atoms with van der Waals surface area (Å²) in [5.74, 6) is -0.122. The van der Waals surface area contributed by atoms with E-state index in [4.69, 9.17) is 5.26 Å². The monoisotopic (exact) mass is 365 g/mol. The van der Waals surface area contributed by atoms with Gasteiger partial charge in [0.1, 0.15) is 0 Å². The van der Waals surface area contributed by atoms with E-state index in [-0.39, 0.29) is 5.78 Å². The van der Waals surface area contributed by atoms with Crippen molar-refractivity contribution in [2.75, 3.05) is 0 Å². The predicted octanol–water partition coefficient (Wildman–Crippen LogP) is 4.35. The third-order valence-corrected chi connectivity index (χ3v) is 4.03. The summed E-state index contributed by atoms with van der Waals surface area (Å²) in [6, 6.07) is 16.6. The van der Waals surface area contributed by atoms with Crippen molar-refractivity contribution in [1.82, 2.24) is 19.6 Å². The Hall–Kier alpha value is -3.73. The normalized spacial score (nSPS) is 11.5. The molecule has 2 heterocycles. The third kappa shape index (κ3) is 3.11. The van der Waals surface area contributed by atoms with Gasteiger partial charge in [-0.25, -0.2) is 9.97 Å². The van der Waals surface area contributed by atoms with E-state index in [2.05, 4.69) is 21.1 Å². The van der Waals surface area contributed by atoms with Crippen LogP contribution in [-0.2, 0) is 6.18 Å². The van der Waals surface area contributed by atoms with E-state index < -0.39 is 11.9 Å². The van der Waals surface area contributed by atoms with E-state index in [0.29, 0.717) is 17.5 Å². The zero-order valence-electron chi connectivity index (χ0n) is 13.6. The van der Waals surface area contributed by atoms with Crippen molar-refractivity contribution in [3.8, 4) is 28.5 Å². The van der Waals surface area contributed by atoms with Crippen molar-refractivity contribution >= 4 is 5.78 Å². The lowest BCUT2D eigenvalue weighted by Gasteiger charge is -2.07. The van der Waals surface area contributed by atoms with Gasteiger partial charge in [-0.1, -0.05) is 30.3 Å². The van der Waals surface area contributed by atoms with Crippen LogP contribution in [0.2, 0.25) is 0 Å². The Morgan fingerprint density at radius 2 is 1.67 bits per heavy atom. The summed E-state index contributed by atoms with van der Waals surface area (Å²) >= 11 is 0. The molecule has 0 fully saturated rings. The third-order valence-electron chi connectivity index (χ3n) is 4.03. The maximum absolute atomic E-state index is 12.8. The first-order chi connectivity index (χ1) is 13.0. The minimum absolute atomic E-state index is 0.122. The van der Waals surface area contributed by atoms with Gasteiger partial charge in [0.25, 0.3) is 5.78 Å². The number of imidazole rings is 1. The summed E-state index contributed by atoms with van der Waals surface area (Å²) in [4.78, 5) is 7.47. The molecule has 0 amide bonds. The second-order valence-corrected chi connectivity index (χ2v) is 5.76. The number of hydrogen-bond donors (Lipinski definition) is 0. The highest BCUT2D eigenvalue weighted by atomic mass is 19.4. The molecule has 27 heavy (non-hydrogen) atoms. The Morgan fingerprint density at radius 3 is 2.37 bits per heavy atom. The molecule has 0 spiro atoms. The van der Waals surface area contributed by atoms with Crippen molar-refractivity contribution in [1.29, 1.82) is 5.26 Å². The van der Waals surface area contributed by atoms with Gasteiger partial charge >= 0.3 is 6.18 Å². The number of benzene rings is 2. The molecular formula is C19H10F3N5. The molecule has 2 aromatic carbocycles. The van der Waals surface area contributed by atoms with Gasteiger partial charge in [0.2, 0.25) is 0 Å². The van der Waals surface area contributed by atoms with Gasteiger partial charge in [0.05, 0.1) is 29.7 Å². The highest BCUT2D eigenvalue weighted by molar-refractivity contribution is 5.72. The average molecular weight is 365 g/mol. The lowest BCUT2D eigenvalue weighted by molar-refractivity contribution is -0.141. The van der Waals surface area contributed by atoms with E-state index in [0.717, 1.165) is 16.7 Å². The van der Waals surface area contributed by atoms with Crippen molar-refractivity contribution in [3.63, 3.8) is 0 Å². The molecule has 0 aliphatic heterocycles. The molecule has 4 rings (SSSR count). The van der Waals surface area contributed by atoms with Crippen LogP contribution in [0.3, 0.4) is 0 Å². The minimum atomic E-state index is -4.57. The zero-order valence-corrected chi connectivity index (χ0v) is 13.6. The number of nitrogens with zero attached hydrogens (tertiary/aromatic N) is 5. The summed E-state index contributed by atoms with van der Waals surface area (Å²) in [6.07, 6.45) is -2.45. The highest BCUT2D eigenvalue weighted by Gasteiger charge is 2.33. The molecule has 0 unspecified atom stereocenters. The maximum Gasteiger partial charge on any atom is 0.435 e. The van der Waals surface area contributed by atoms with Gasteiger partial charge in [-0.2, -0.15) is 28.0 Å². The van der Waals surface area contributed by atoms with E-state index in [9.17, 15) is 13.2 Å². The van der Waals surface area contributed by atoms with Crippen LogP contribution in [0.1, 0.15) is 11.3 Å². The van der Waals surface area contributed by atoms with Gasteiger partial charge in [-0.3, -0.25) is 0 Å². The molecule has 0 atom stereocenters. The molecule has 0 radical (unpaired) electrons. The number of nitriles is 1. The number of aromatic nitrogens is 4. The van der Waals surface area contributed by atoms with Crippen molar-refractivity contribution < 1.29 is 13.2 Å². The molecule has 4 aromatic rings. The topological polar surface area (TPSA) is 66.9 Å². The molecule has 0 N–H and O–H groups in total. The molecule has 0 aliphatic rings. The quantitative estimate of drug-likeness (QED) is 0.530. The van der Waals surface area contributed by atoms with Gasteiger partial charge < -0.3 is 0 Å². The molecule has 132 valence electrons. The predicted molar refractivity (Wildman–Crippen MR) is 91.4 cm³/mol. The second kappa shape index (κ2) is 6.21. The van der Waals surface area contributed by atoms with Crippen molar-refractivity contribution in [2.24, 2.45) is 0 Å². The first-order valence-electron chi connectivity index (χ1n) is 7.85. The Bertz CT molecular complexity index is 1170. The summed E-state index contributed by atoms with van der Waals surface area (Å²) in [7, 11) is 0. The van der Waals surface area contributed by atoms with Crippen LogP contribution in [0.25, 0.3) is 28.2 Å². The standard InChI is InChI=1S/C19H10F3N5/c20-19(21,22)17-11-25-27-16(10-24-18(27)26-17)15-3-1-2-14(8-15)13-6-4-12(9-23)5-7-13/h1-8,10-11H. The number of alkyl halides is 3. The van der Waals surface area contributed by atoms with Crippen LogP contribution >= 0.6 is 0 Å². The molecule has 5 nitrogen and oxygen atoms in total. The molecule has 0 bridgehead atoms. The van der Waals surface area contributed by atoms with Gasteiger partial charge in [-0.05, 0) is 29.3 Å². The molecule has 8 heteroatoms. The first-order valence-corrected chi connectivity index (χ1v) is 7.85. The smallest absolute Gasteiger partial charge is 0.217 e. The molecule has 0 saturated carbocycles. The summed E-state index contributed by atoms with van der Waals surface area (Å²) in [5.41, 5.74) is 2.55. The summed E-state index contributed by atoms with van der Waals surface area (Å²) in [5, 5.41) is 12.7. The van der Waals surface area contributed by atoms with Crippen LogP contribution in [0, 0.1) is 11.3 Å². The van der Waals surface area contributed by atoms with Crippen molar-refractivity contribution in [3.05, 3.63) is 72.2 Å². The van der Waals surface area contributed by atoms with Crippen LogP contribution in [-0.4, -0.2) is 19.6 Å². The Kier molecular flexibility index (Phi) is 3.85. The first kappa shape index (κ1) is 16.7. The summed E-state index contributed by atoms with van der Waals surface area (Å²) in [6.45, 7) is 0. The van der Waals surface area contributed by atoms with Crippen LogP contribution in [0.5, 0.6) is 0 Å². The fraction of sp³-hybridized carbons (Fsp3) is 0.0526. The maximum atomic E-state index is 12.8. The number of halogens is 3. The number of hydrogen-bond acceptors (Lipinski definition) is 4. The Morgan fingerprint density at radius 1 is 0.926 bits per heavy atom. The SMILES string of the molecule is N#Cc1ccc(-c2cccc(-c3cnc4nc(C(F)(F)F)cnn34)c2)cc1. The fourth-order valence-electron chi connectivity index (χ4n) is 2.70. The lowest BCUT2D eigenvalue weighted by Crippen LogP contribution is -2.11. The summed E-state index contributed by atoms with van der Waals surface area (Å²) < 4.78 is 39.6.